The molecular formula is C20H23ClN2O3. The predicted octanol–water partition coefficient (Wildman–Crippen LogP) is 3.35. The topological polar surface area (TPSA) is 67.4 Å². The molecule has 0 radical (unpaired) electrons. The van der Waals surface area contributed by atoms with Gasteiger partial charge in [-0.3, -0.25) is 9.59 Å². The third kappa shape index (κ3) is 6.86. The van der Waals surface area contributed by atoms with Crippen LogP contribution in [0, 0.1) is 0 Å². The van der Waals surface area contributed by atoms with E-state index in [0.29, 0.717) is 30.2 Å². The molecule has 1 unspecified atom stereocenters. The molecule has 6 heteroatoms. The molecule has 0 saturated carbocycles. The lowest BCUT2D eigenvalue weighted by atomic mass is 10.1. The standard InChI is InChI=1S/C20H23ClN2O3/c1-15(16-7-3-2-4-8-16)26-12-6-11-22-19(24)14-23-20(25)17-9-5-10-18(21)13-17/h2-5,7-10,13,15H,6,11-12,14H2,1H3,(H,22,24)(H,23,25). The number of carbonyl (C=O) groups excluding carboxylic acids is 2. The first-order valence-corrected chi connectivity index (χ1v) is 8.91. The van der Waals surface area contributed by atoms with E-state index in [9.17, 15) is 9.59 Å². The van der Waals surface area contributed by atoms with Crippen LogP contribution in [-0.4, -0.2) is 31.5 Å². The molecule has 0 aliphatic heterocycles. The highest BCUT2D eigenvalue weighted by Crippen LogP contribution is 2.15. The van der Waals surface area contributed by atoms with Crippen LogP contribution in [0.1, 0.15) is 35.4 Å². The van der Waals surface area contributed by atoms with Crippen LogP contribution in [0.3, 0.4) is 0 Å². The van der Waals surface area contributed by atoms with Crippen LogP contribution in [0.15, 0.2) is 54.6 Å². The lowest BCUT2D eigenvalue weighted by molar-refractivity contribution is -0.120. The number of amides is 2. The van der Waals surface area contributed by atoms with Gasteiger partial charge in [0.05, 0.1) is 12.6 Å². The summed E-state index contributed by atoms with van der Waals surface area (Å²) >= 11 is 5.84. The van der Waals surface area contributed by atoms with Crippen LogP contribution in [0.25, 0.3) is 0 Å². The quantitative estimate of drug-likeness (QED) is 0.661. The fraction of sp³-hybridized carbons (Fsp3) is 0.300. The van der Waals surface area contributed by atoms with Gasteiger partial charge in [-0.05, 0) is 37.1 Å². The zero-order valence-corrected chi connectivity index (χ0v) is 15.5. The molecule has 26 heavy (non-hydrogen) atoms. The Morgan fingerprint density at radius 2 is 1.85 bits per heavy atom. The van der Waals surface area contributed by atoms with Crippen molar-refractivity contribution in [2.45, 2.75) is 19.4 Å². The van der Waals surface area contributed by atoms with Gasteiger partial charge in [0.25, 0.3) is 5.91 Å². The van der Waals surface area contributed by atoms with Crippen LogP contribution in [0.2, 0.25) is 5.02 Å². The number of nitrogens with one attached hydrogen (secondary N) is 2. The highest BCUT2D eigenvalue weighted by molar-refractivity contribution is 6.30. The Kier molecular flexibility index (Phi) is 8.12. The summed E-state index contributed by atoms with van der Waals surface area (Å²) in [5.41, 5.74) is 1.55. The summed E-state index contributed by atoms with van der Waals surface area (Å²) in [7, 11) is 0. The molecule has 0 heterocycles. The van der Waals surface area contributed by atoms with Crippen molar-refractivity contribution in [3.8, 4) is 0 Å². The summed E-state index contributed by atoms with van der Waals surface area (Å²) in [5, 5.41) is 5.80. The van der Waals surface area contributed by atoms with Gasteiger partial charge in [0.1, 0.15) is 0 Å². The maximum absolute atomic E-state index is 11.9. The highest BCUT2D eigenvalue weighted by Gasteiger charge is 2.08. The average Bonchev–Trinajstić information content (AvgIpc) is 2.66. The molecule has 0 saturated heterocycles. The highest BCUT2D eigenvalue weighted by atomic mass is 35.5. The smallest absolute Gasteiger partial charge is 0.251 e. The van der Waals surface area contributed by atoms with Gasteiger partial charge in [-0.25, -0.2) is 0 Å². The molecule has 5 nitrogen and oxygen atoms in total. The number of rotatable bonds is 9. The van der Waals surface area contributed by atoms with Crippen molar-refractivity contribution < 1.29 is 14.3 Å². The summed E-state index contributed by atoms with van der Waals surface area (Å²) in [6.45, 7) is 2.96. The lowest BCUT2D eigenvalue weighted by Gasteiger charge is -2.13. The lowest BCUT2D eigenvalue weighted by Crippen LogP contribution is -2.37. The largest absolute Gasteiger partial charge is 0.374 e. The predicted molar refractivity (Wildman–Crippen MR) is 102 cm³/mol. The van der Waals surface area contributed by atoms with E-state index in [1.807, 2.05) is 37.3 Å². The van der Waals surface area contributed by atoms with Gasteiger partial charge in [0.15, 0.2) is 0 Å². The third-order valence-electron chi connectivity index (χ3n) is 3.78. The molecule has 138 valence electrons. The van der Waals surface area contributed by atoms with Gasteiger partial charge in [-0.1, -0.05) is 48.0 Å². The van der Waals surface area contributed by atoms with Gasteiger partial charge < -0.3 is 15.4 Å². The number of carbonyl (C=O) groups is 2. The molecule has 2 N–H and O–H groups in total. The van der Waals surface area contributed by atoms with Crippen molar-refractivity contribution in [2.24, 2.45) is 0 Å². The Labute approximate surface area is 158 Å². The second-order valence-electron chi connectivity index (χ2n) is 5.82. The van der Waals surface area contributed by atoms with Crippen molar-refractivity contribution in [3.63, 3.8) is 0 Å². The van der Waals surface area contributed by atoms with E-state index in [1.165, 1.54) is 0 Å². The van der Waals surface area contributed by atoms with Crippen molar-refractivity contribution in [1.82, 2.24) is 10.6 Å². The molecule has 0 bridgehead atoms. The minimum Gasteiger partial charge on any atom is -0.374 e. The number of ether oxygens (including phenoxy) is 1. The van der Waals surface area contributed by atoms with E-state index < -0.39 is 0 Å². The molecular weight excluding hydrogens is 352 g/mol. The van der Waals surface area contributed by atoms with Gasteiger partial charge in [0, 0.05) is 23.7 Å². The molecule has 0 spiro atoms. The van der Waals surface area contributed by atoms with Crippen LogP contribution < -0.4 is 10.6 Å². The zero-order chi connectivity index (χ0) is 18.8. The van der Waals surface area contributed by atoms with Crippen molar-refractivity contribution in [1.29, 1.82) is 0 Å². The van der Waals surface area contributed by atoms with E-state index >= 15 is 0 Å². The fourth-order valence-corrected chi connectivity index (χ4v) is 2.53. The van der Waals surface area contributed by atoms with Gasteiger partial charge >= 0.3 is 0 Å². The van der Waals surface area contributed by atoms with Crippen molar-refractivity contribution in [3.05, 3.63) is 70.7 Å². The first-order valence-electron chi connectivity index (χ1n) is 8.53. The van der Waals surface area contributed by atoms with E-state index in [0.717, 1.165) is 5.56 Å². The molecule has 0 aliphatic rings. The van der Waals surface area contributed by atoms with E-state index in [2.05, 4.69) is 10.6 Å². The Balaban J connectivity index is 1.58. The van der Waals surface area contributed by atoms with E-state index in [-0.39, 0.29) is 24.5 Å². The maximum atomic E-state index is 11.9. The van der Waals surface area contributed by atoms with E-state index in [4.69, 9.17) is 16.3 Å². The van der Waals surface area contributed by atoms with Crippen LogP contribution >= 0.6 is 11.6 Å². The second kappa shape index (κ2) is 10.6. The molecule has 2 rings (SSSR count). The summed E-state index contributed by atoms with van der Waals surface area (Å²) < 4.78 is 5.74. The Morgan fingerprint density at radius 1 is 1.08 bits per heavy atom. The minimum atomic E-state index is -0.331. The summed E-state index contributed by atoms with van der Waals surface area (Å²) in [6, 6.07) is 16.5. The van der Waals surface area contributed by atoms with Gasteiger partial charge in [-0.15, -0.1) is 0 Å². The number of hydrogen-bond acceptors (Lipinski definition) is 3. The van der Waals surface area contributed by atoms with E-state index in [1.54, 1.807) is 24.3 Å². The summed E-state index contributed by atoms with van der Waals surface area (Å²) in [6.07, 6.45) is 0.717. The fourth-order valence-electron chi connectivity index (χ4n) is 2.34. The third-order valence-corrected chi connectivity index (χ3v) is 4.01. The number of benzene rings is 2. The molecule has 2 aromatic rings. The first kappa shape index (κ1) is 19.9. The Morgan fingerprint density at radius 3 is 2.58 bits per heavy atom. The second-order valence-corrected chi connectivity index (χ2v) is 6.26. The van der Waals surface area contributed by atoms with Crippen LogP contribution in [-0.2, 0) is 9.53 Å². The molecule has 2 aromatic carbocycles. The Hall–Kier alpha value is -2.37. The number of hydrogen-bond donors (Lipinski definition) is 2. The summed E-state index contributed by atoms with van der Waals surface area (Å²) in [5.74, 6) is -0.570. The molecule has 1 atom stereocenters. The zero-order valence-electron chi connectivity index (χ0n) is 14.7. The monoisotopic (exact) mass is 374 g/mol. The molecule has 0 aliphatic carbocycles. The Bertz CT molecular complexity index is 722. The SMILES string of the molecule is CC(OCCCNC(=O)CNC(=O)c1cccc(Cl)c1)c1ccccc1. The van der Waals surface area contributed by atoms with Crippen molar-refractivity contribution >= 4 is 23.4 Å². The number of halogens is 1. The molecule has 0 aromatic heterocycles. The summed E-state index contributed by atoms with van der Waals surface area (Å²) in [4.78, 5) is 23.7. The minimum absolute atomic E-state index is 0.0175. The maximum Gasteiger partial charge on any atom is 0.251 e. The normalized spacial score (nSPS) is 11.6. The van der Waals surface area contributed by atoms with Crippen molar-refractivity contribution in [2.75, 3.05) is 19.7 Å². The van der Waals surface area contributed by atoms with Crippen LogP contribution in [0.5, 0.6) is 0 Å². The molecule has 0 fully saturated rings. The van der Waals surface area contributed by atoms with Gasteiger partial charge in [-0.2, -0.15) is 0 Å². The molecule has 2 amide bonds. The van der Waals surface area contributed by atoms with Gasteiger partial charge in [0.2, 0.25) is 5.91 Å². The average molecular weight is 375 g/mol. The first-order chi connectivity index (χ1) is 12.6. The van der Waals surface area contributed by atoms with Crippen LogP contribution in [0.4, 0.5) is 0 Å².